The number of rotatable bonds is 6. The van der Waals surface area contributed by atoms with Gasteiger partial charge in [0.15, 0.2) is 0 Å². The van der Waals surface area contributed by atoms with Crippen molar-refractivity contribution in [1.29, 1.82) is 5.26 Å². The van der Waals surface area contributed by atoms with Crippen molar-refractivity contribution in [1.82, 2.24) is 4.90 Å². The first-order valence-electron chi connectivity index (χ1n) is 6.71. The SMILES string of the molecule is CC(C)Cc1ccc(CC(=O)N(C)CCC#N)cc1. The fraction of sp³-hybridized carbons (Fsp3) is 0.500. The van der Waals surface area contributed by atoms with E-state index in [0.717, 1.165) is 12.0 Å². The van der Waals surface area contributed by atoms with Gasteiger partial charge in [-0.2, -0.15) is 5.26 Å². The summed E-state index contributed by atoms with van der Waals surface area (Å²) in [7, 11) is 1.74. The van der Waals surface area contributed by atoms with Gasteiger partial charge in [0.1, 0.15) is 0 Å². The number of nitriles is 1. The van der Waals surface area contributed by atoms with Gasteiger partial charge in [-0.3, -0.25) is 4.79 Å². The molecule has 3 heteroatoms. The van der Waals surface area contributed by atoms with Gasteiger partial charge in [0.05, 0.1) is 18.9 Å². The van der Waals surface area contributed by atoms with Crippen LogP contribution in [0.4, 0.5) is 0 Å². The van der Waals surface area contributed by atoms with Crippen molar-refractivity contribution in [3.05, 3.63) is 35.4 Å². The van der Waals surface area contributed by atoms with Crippen molar-refractivity contribution >= 4 is 5.91 Å². The van der Waals surface area contributed by atoms with Crippen LogP contribution in [0.3, 0.4) is 0 Å². The third kappa shape index (κ3) is 5.56. The highest BCUT2D eigenvalue weighted by Crippen LogP contribution is 2.10. The van der Waals surface area contributed by atoms with Gasteiger partial charge in [0.2, 0.25) is 5.91 Å². The summed E-state index contributed by atoms with van der Waals surface area (Å²) in [6.07, 6.45) is 1.86. The first-order chi connectivity index (χ1) is 9.02. The lowest BCUT2D eigenvalue weighted by atomic mass is 10.0. The monoisotopic (exact) mass is 258 g/mol. The molecule has 0 heterocycles. The molecular weight excluding hydrogens is 236 g/mol. The quantitative estimate of drug-likeness (QED) is 0.787. The number of hydrogen-bond donors (Lipinski definition) is 0. The molecule has 0 unspecified atom stereocenters. The molecule has 0 aliphatic heterocycles. The molecule has 1 aromatic carbocycles. The molecule has 0 aliphatic rings. The van der Waals surface area contributed by atoms with Crippen molar-refractivity contribution in [2.24, 2.45) is 5.92 Å². The first kappa shape index (κ1) is 15.2. The van der Waals surface area contributed by atoms with Crippen LogP contribution in [0.15, 0.2) is 24.3 Å². The smallest absolute Gasteiger partial charge is 0.226 e. The summed E-state index contributed by atoms with van der Waals surface area (Å²) in [6.45, 7) is 4.89. The molecule has 1 aromatic rings. The Labute approximate surface area is 115 Å². The second-order valence-corrected chi connectivity index (χ2v) is 5.31. The van der Waals surface area contributed by atoms with E-state index in [0.29, 0.717) is 25.3 Å². The largest absolute Gasteiger partial charge is 0.344 e. The van der Waals surface area contributed by atoms with Crippen molar-refractivity contribution < 1.29 is 4.79 Å². The number of benzene rings is 1. The summed E-state index contributed by atoms with van der Waals surface area (Å²) in [5, 5.41) is 8.50. The zero-order chi connectivity index (χ0) is 14.3. The lowest BCUT2D eigenvalue weighted by molar-refractivity contribution is -0.129. The lowest BCUT2D eigenvalue weighted by Gasteiger charge is -2.15. The van der Waals surface area contributed by atoms with Crippen molar-refractivity contribution in [2.75, 3.05) is 13.6 Å². The van der Waals surface area contributed by atoms with E-state index in [-0.39, 0.29) is 5.91 Å². The highest BCUT2D eigenvalue weighted by molar-refractivity contribution is 5.78. The van der Waals surface area contributed by atoms with E-state index in [1.54, 1.807) is 11.9 Å². The average Bonchev–Trinajstić information content (AvgIpc) is 2.37. The number of amides is 1. The maximum absolute atomic E-state index is 11.9. The van der Waals surface area contributed by atoms with Crippen LogP contribution in [0, 0.1) is 17.2 Å². The number of carbonyl (C=O) groups is 1. The highest BCUT2D eigenvalue weighted by Gasteiger charge is 2.09. The molecule has 0 N–H and O–H groups in total. The predicted molar refractivity (Wildman–Crippen MR) is 76.6 cm³/mol. The number of hydrogen-bond acceptors (Lipinski definition) is 2. The fourth-order valence-corrected chi connectivity index (χ4v) is 1.92. The zero-order valence-corrected chi connectivity index (χ0v) is 12.0. The summed E-state index contributed by atoms with van der Waals surface area (Å²) >= 11 is 0. The lowest BCUT2D eigenvalue weighted by Crippen LogP contribution is -2.28. The number of nitrogens with zero attached hydrogens (tertiary/aromatic N) is 2. The van der Waals surface area contributed by atoms with Gasteiger partial charge in [0, 0.05) is 13.6 Å². The van der Waals surface area contributed by atoms with Gasteiger partial charge < -0.3 is 4.90 Å². The molecule has 0 radical (unpaired) electrons. The molecule has 1 rings (SSSR count). The minimum absolute atomic E-state index is 0.0619. The minimum atomic E-state index is 0.0619. The number of carbonyl (C=O) groups excluding carboxylic acids is 1. The van der Waals surface area contributed by atoms with Gasteiger partial charge in [-0.05, 0) is 23.5 Å². The van der Waals surface area contributed by atoms with Crippen LogP contribution in [0.25, 0.3) is 0 Å². The summed E-state index contributed by atoms with van der Waals surface area (Å²) in [5.74, 6) is 0.705. The standard InChI is InChI=1S/C16H22N2O/c1-13(2)11-14-5-7-15(8-6-14)12-16(19)18(3)10-4-9-17/h5-8,13H,4,10-12H2,1-3H3. The summed E-state index contributed by atoms with van der Waals surface area (Å²) in [5.41, 5.74) is 2.34. The van der Waals surface area contributed by atoms with E-state index < -0.39 is 0 Å². The molecule has 19 heavy (non-hydrogen) atoms. The second-order valence-electron chi connectivity index (χ2n) is 5.31. The second kappa shape index (κ2) is 7.58. The summed E-state index contributed by atoms with van der Waals surface area (Å²) in [6, 6.07) is 10.3. The Morgan fingerprint density at radius 1 is 1.26 bits per heavy atom. The van der Waals surface area contributed by atoms with Crippen LogP contribution >= 0.6 is 0 Å². The molecular formula is C16H22N2O. The topological polar surface area (TPSA) is 44.1 Å². The van der Waals surface area contributed by atoms with Gasteiger partial charge in [-0.15, -0.1) is 0 Å². The third-order valence-corrected chi connectivity index (χ3v) is 3.01. The van der Waals surface area contributed by atoms with Crippen LogP contribution in [-0.2, 0) is 17.6 Å². The average molecular weight is 258 g/mol. The molecule has 0 aromatic heterocycles. The Kier molecular flexibility index (Phi) is 6.08. The maximum Gasteiger partial charge on any atom is 0.226 e. The van der Waals surface area contributed by atoms with Gasteiger partial charge in [-0.1, -0.05) is 38.1 Å². The molecule has 1 amide bonds. The van der Waals surface area contributed by atoms with E-state index in [2.05, 4.69) is 26.0 Å². The Balaban J connectivity index is 2.53. The normalized spacial score (nSPS) is 10.3. The van der Waals surface area contributed by atoms with Crippen LogP contribution in [-0.4, -0.2) is 24.4 Å². The molecule has 0 atom stereocenters. The molecule has 0 spiro atoms. The van der Waals surface area contributed by atoms with Crippen molar-refractivity contribution in [3.63, 3.8) is 0 Å². The Bertz CT molecular complexity index is 443. The van der Waals surface area contributed by atoms with Crippen LogP contribution in [0.1, 0.15) is 31.4 Å². The number of likely N-dealkylation sites (N-methyl/N-ethyl adjacent to an activating group) is 1. The maximum atomic E-state index is 11.9. The summed E-state index contributed by atoms with van der Waals surface area (Å²) in [4.78, 5) is 13.5. The van der Waals surface area contributed by atoms with Crippen LogP contribution in [0.2, 0.25) is 0 Å². The zero-order valence-electron chi connectivity index (χ0n) is 12.0. The van der Waals surface area contributed by atoms with Crippen LogP contribution < -0.4 is 0 Å². The molecule has 0 aliphatic carbocycles. The predicted octanol–water partition coefficient (Wildman–Crippen LogP) is 2.80. The van der Waals surface area contributed by atoms with Gasteiger partial charge in [0.25, 0.3) is 0 Å². The van der Waals surface area contributed by atoms with Crippen molar-refractivity contribution in [2.45, 2.75) is 33.1 Å². The molecule has 0 saturated heterocycles. The van der Waals surface area contributed by atoms with Gasteiger partial charge in [-0.25, -0.2) is 0 Å². The van der Waals surface area contributed by atoms with Gasteiger partial charge >= 0.3 is 0 Å². The Hall–Kier alpha value is -1.82. The van der Waals surface area contributed by atoms with E-state index in [1.165, 1.54) is 5.56 Å². The molecule has 102 valence electrons. The highest BCUT2D eigenvalue weighted by atomic mass is 16.2. The third-order valence-electron chi connectivity index (χ3n) is 3.01. The summed E-state index contributed by atoms with van der Waals surface area (Å²) < 4.78 is 0. The molecule has 0 fully saturated rings. The first-order valence-corrected chi connectivity index (χ1v) is 6.71. The fourth-order valence-electron chi connectivity index (χ4n) is 1.92. The van der Waals surface area contributed by atoms with E-state index in [4.69, 9.17) is 5.26 Å². The molecule has 3 nitrogen and oxygen atoms in total. The van der Waals surface area contributed by atoms with E-state index in [9.17, 15) is 4.79 Å². The molecule has 0 saturated carbocycles. The van der Waals surface area contributed by atoms with E-state index in [1.807, 2.05) is 18.2 Å². The van der Waals surface area contributed by atoms with Crippen molar-refractivity contribution in [3.8, 4) is 6.07 Å². The van der Waals surface area contributed by atoms with E-state index >= 15 is 0 Å². The Morgan fingerprint density at radius 3 is 2.37 bits per heavy atom. The molecule has 0 bridgehead atoms. The Morgan fingerprint density at radius 2 is 1.84 bits per heavy atom. The minimum Gasteiger partial charge on any atom is -0.344 e. The van der Waals surface area contributed by atoms with Crippen LogP contribution in [0.5, 0.6) is 0 Å².